The van der Waals surface area contributed by atoms with E-state index in [1.165, 1.54) is 0 Å². The van der Waals surface area contributed by atoms with Gasteiger partial charge in [-0.3, -0.25) is 0 Å². The molecule has 0 spiro atoms. The van der Waals surface area contributed by atoms with Gasteiger partial charge >= 0.3 is 5.97 Å². The van der Waals surface area contributed by atoms with Crippen LogP contribution in [0.1, 0.15) is 76.7 Å². The second-order valence-corrected chi connectivity index (χ2v) is 12.3. The molecule has 3 aliphatic carbocycles. The van der Waals surface area contributed by atoms with Gasteiger partial charge in [-0.15, -0.1) is 0 Å². The van der Waals surface area contributed by atoms with Gasteiger partial charge in [0.1, 0.15) is 23.8 Å². The highest BCUT2D eigenvalue weighted by Crippen LogP contribution is 2.53. The first-order valence-corrected chi connectivity index (χ1v) is 14.5. The zero-order valence-electron chi connectivity index (χ0n) is 21.8. The van der Waals surface area contributed by atoms with E-state index in [1.807, 2.05) is 18.2 Å². The second kappa shape index (κ2) is 10.6. The fourth-order valence-electron chi connectivity index (χ4n) is 5.86. The number of aromatic carboxylic acids is 1. The third-order valence-electron chi connectivity index (χ3n) is 8.33. The molecule has 2 N–H and O–H groups in total. The smallest absolute Gasteiger partial charge is 0.335 e. The third-order valence-corrected chi connectivity index (χ3v) is 9.33. The molecular formula is C31H28Cl3NO5. The molecule has 1 unspecified atom stereocenters. The Morgan fingerprint density at radius 2 is 1.85 bits per heavy atom. The Balaban J connectivity index is 1.14. The van der Waals surface area contributed by atoms with Crippen molar-refractivity contribution in [3.8, 4) is 11.3 Å². The molecule has 0 radical (unpaired) electrons. The van der Waals surface area contributed by atoms with Crippen molar-refractivity contribution in [2.45, 2.75) is 63.1 Å². The number of carbonyl (C=O) groups is 1. The summed E-state index contributed by atoms with van der Waals surface area (Å²) in [6, 6.07) is 10.8. The molecule has 0 bridgehead atoms. The number of aromatic nitrogens is 1. The number of carboxylic acid groups (broad SMARTS) is 1. The zero-order valence-corrected chi connectivity index (χ0v) is 24.1. The predicted molar refractivity (Wildman–Crippen MR) is 154 cm³/mol. The van der Waals surface area contributed by atoms with Crippen molar-refractivity contribution in [1.29, 1.82) is 0 Å². The molecule has 40 heavy (non-hydrogen) atoms. The van der Waals surface area contributed by atoms with Gasteiger partial charge < -0.3 is 19.5 Å². The van der Waals surface area contributed by atoms with Crippen LogP contribution in [0.2, 0.25) is 10.0 Å². The molecule has 0 aliphatic heterocycles. The average Bonchev–Trinajstić information content (AvgIpc) is 3.66. The quantitative estimate of drug-likeness (QED) is 0.270. The number of aliphatic hydroxyl groups is 1. The zero-order chi connectivity index (χ0) is 28.2. The van der Waals surface area contributed by atoms with E-state index in [0.29, 0.717) is 62.8 Å². The largest absolute Gasteiger partial charge is 0.489 e. The number of aryl methyl sites for hydroxylation is 1. The molecule has 2 saturated carbocycles. The highest BCUT2D eigenvalue weighted by molar-refractivity contribution is 6.39. The summed E-state index contributed by atoms with van der Waals surface area (Å²) in [4.78, 5) is 11.5. The van der Waals surface area contributed by atoms with Gasteiger partial charge in [0.15, 0.2) is 0 Å². The third kappa shape index (κ3) is 5.07. The van der Waals surface area contributed by atoms with Crippen LogP contribution in [0.5, 0.6) is 0 Å². The molecule has 9 heteroatoms. The minimum Gasteiger partial charge on any atom is -0.489 e. The van der Waals surface area contributed by atoms with E-state index in [2.05, 4.69) is 5.16 Å². The van der Waals surface area contributed by atoms with Crippen molar-refractivity contribution in [3.63, 3.8) is 0 Å². The summed E-state index contributed by atoms with van der Waals surface area (Å²) in [5.41, 5.74) is 3.01. The molecule has 0 amide bonds. The summed E-state index contributed by atoms with van der Waals surface area (Å²) in [5.74, 6) is 0.613. The normalized spacial score (nSPS) is 24.2. The Morgan fingerprint density at radius 3 is 2.50 bits per heavy atom. The van der Waals surface area contributed by atoms with Crippen molar-refractivity contribution in [3.05, 3.63) is 97.4 Å². The summed E-state index contributed by atoms with van der Waals surface area (Å²) in [7, 11) is 0. The maximum Gasteiger partial charge on any atom is 0.335 e. The maximum absolute atomic E-state index is 11.5. The fraction of sp³-hybridized carbons (Fsp3) is 0.355. The number of hydrogen-bond acceptors (Lipinski definition) is 5. The molecule has 6 nitrogen and oxygen atoms in total. The number of nitrogens with zero attached hydrogens (tertiary/aromatic N) is 1. The van der Waals surface area contributed by atoms with Crippen LogP contribution >= 0.6 is 34.8 Å². The maximum atomic E-state index is 11.5. The lowest BCUT2D eigenvalue weighted by Crippen LogP contribution is -2.49. The highest BCUT2D eigenvalue weighted by Gasteiger charge is 2.50. The van der Waals surface area contributed by atoms with Crippen molar-refractivity contribution in [1.82, 2.24) is 5.16 Å². The lowest BCUT2D eigenvalue weighted by atomic mass is 9.61. The second-order valence-electron chi connectivity index (χ2n) is 11.0. The van der Waals surface area contributed by atoms with Gasteiger partial charge in [-0.05, 0) is 86.4 Å². The molecule has 3 aliphatic rings. The molecule has 1 atom stereocenters. The Hall–Kier alpha value is -2.77. The van der Waals surface area contributed by atoms with Crippen LogP contribution in [0.4, 0.5) is 0 Å². The minimum atomic E-state index is -0.962. The van der Waals surface area contributed by atoms with Crippen molar-refractivity contribution >= 4 is 40.8 Å². The highest BCUT2D eigenvalue weighted by atomic mass is 35.5. The lowest BCUT2D eigenvalue weighted by Gasteiger charge is -2.49. The van der Waals surface area contributed by atoms with E-state index in [1.54, 1.807) is 37.3 Å². The van der Waals surface area contributed by atoms with Crippen LogP contribution in [0.15, 0.2) is 63.9 Å². The van der Waals surface area contributed by atoms with E-state index < -0.39 is 11.6 Å². The van der Waals surface area contributed by atoms with Gasteiger partial charge in [-0.25, -0.2) is 4.79 Å². The number of allylic oxidation sites excluding steroid dienone is 2. The van der Waals surface area contributed by atoms with Crippen LogP contribution in [-0.4, -0.2) is 26.9 Å². The van der Waals surface area contributed by atoms with Crippen LogP contribution in [0.3, 0.4) is 0 Å². The number of benzene rings is 2. The number of hydrogen-bond donors (Lipinski definition) is 2. The Kier molecular flexibility index (Phi) is 7.24. The summed E-state index contributed by atoms with van der Waals surface area (Å²) in [6.07, 6.45) is 7.35. The van der Waals surface area contributed by atoms with Crippen LogP contribution in [-0.2, 0) is 11.3 Å². The van der Waals surface area contributed by atoms with Crippen LogP contribution in [0.25, 0.3) is 11.3 Å². The summed E-state index contributed by atoms with van der Waals surface area (Å²) in [5, 5.41) is 26.7. The molecule has 2 fully saturated rings. The molecule has 6 rings (SSSR count). The summed E-state index contributed by atoms with van der Waals surface area (Å²) >= 11 is 19.7. The van der Waals surface area contributed by atoms with Crippen molar-refractivity contribution in [2.75, 3.05) is 0 Å². The first-order chi connectivity index (χ1) is 19.1. The van der Waals surface area contributed by atoms with Gasteiger partial charge in [0, 0.05) is 22.4 Å². The molecule has 1 aromatic heterocycles. The molecule has 208 valence electrons. The van der Waals surface area contributed by atoms with Crippen molar-refractivity contribution in [2.24, 2.45) is 5.92 Å². The van der Waals surface area contributed by atoms with Gasteiger partial charge in [-0.2, -0.15) is 0 Å². The van der Waals surface area contributed by atoms with Crippen molar-refractivity contribution < 1.29 is 24.3 Å². The molecule has 1 heterocycles. The van der Waals surface area contributed by atoms with E-state index in [9.17, 15) is 15.0 Å². The van der Waals surface area contributed by atoms with Gasteiger partial charge in [0.05, 0.1) is 26.8 Å². The monoisotopic (exact) mass is 599 g/mol. The van der Waals surface area contributed by atoms with Crippen LogP contribution < -0.4 is 0 Å². The SMILES string of the molecule is Cc1ccc([C@H]2C[C@](O)(C3CC=C(OCc4c(-c5c(Cl)cccc5Cl)noc4C4CC4)C=C3Cl)C2)cc1C(=O)O. The fourth-order valence-corrected chi connectivity index (χ4v) is 6.84. The molecule has 2 aromatic carbocycles. The lowest BCUT2D eigenvalue weighted by molar-refractivity contribution is -0.0836. The van der Waals surface area contributed by atoms with E-state index in [-0.39, 0.29) is 18.4 Å². The van der Waals surface area contributed by atoms with Gasteiger partial charge in [-0.1, -0.05) is 58.2 Å². The summed E-state index contributed by atoms with van der Waals surface area (Å²) < 4.78 is 11.9. The standard InChI is InChI=1S/C31H28Cl3NO5/c1-16-5-6-18(11-21(16)30(36)37)19-13-31(38,14-19)23-10-9-20(12-26(23)34)39-15-22-28(35-40-29(22)17-7-8-17)27-24(32)3-2-4-25(27)33/h2-6,9,11-12,17,19,23,38H,7-8,10,13-15H2,1H3,(H,36,37)/t19-,23?,31+. The molecule has 3 aromatic rings. The first-order valence-electron chi connectivity index (χ1n) is 13.3. The van der Waals surface area contributed by atoms with E-state index in [4.69, 9.17) is 44.1 Å². The number of rotatable bonds is 8. The molecule has 0 saturated heterocycles. The molecular weight excluding hydrogens is 573 g/mol. The summed E-state index contributed by atoms with van der Waals surface area (Å²) in [6.45, 7) is 2.00. The first kappa shape index (κ1) is 27.4. The number of ether oxygens (including phenoxy) is 1. The average molecular weight is 601 g/mol. The minimum absolute atomic E-state index is 0.0827. The Morgan fingerprint density at radius 1 is 1.12 bits per heavy atom. The van der Waals surface area contributed by atoms with Crippen LogP contribution in [0, 0.1) is 12.8 Å². The van der Waals surface area contributed by atoms with Gasteiger partial charge in [0.25, 0.3) is 0 Å². The topological polar surface area (TPSA) is 92.8 Å². The number of carboxylic acids is 1. The Labute approximate surface area is 247 Å². The van der Waals surface area contributed by atoms with Gasteiger partial charge in [0.2, 0.25) is 0 Å². The number of halogens is 3. The Bertz CT molecular complexity index is 1530. The van der Waals surface area contributed by atoms with E-state index in [0.717, 1.165) is 35.3 Å². The predicted octanol–water partition coefficient (Wildman–Crippen LogP) is 8.38. The van der Waals surface area contributed by atoms with E-state index >= 15 is 0 Å².